The summed E-state index contributed by atoms with van der Waals surface area (Å²) in [4.78, 5) is 16.6. The number of benzene rings is 1. The van der Waals surface area contributed by atoms with Crippen molar-refractivity contribution in [3.63, 3.8) is 0 Å². The molecule has 0 amide bonds. The van der Waals surface area contributed by atoms with Gasteiger partial charge in [-0.25, -0.2) is 9.36 Å². The van der Waals surface area contributed by atoms with E-state index in [1.807, 2.05) is 51.1 Å². The van der Waals surface area contributed by atoms with Crippen LogP contribution in [-0.2, 0) is 4.74 Å². The van der Waals surface area contributed by atoms with Crippen molar-refractivity contribution in [1.82, 2.24) is 9.55 Å². The van der Waals surface area contributed by atoms with Crippen molar-refractivity contribution in [2.24, 2.45) is 0 Å². The van der Waals surface area contributed by atoms with Gasteiger partial charge < -0.3 is 4.74 Å². The van der Waals surface area contributed by atoms with E-state index in [1.54, 1.807) is 17.0 Å². The predicted molar refractivity (Wildman–Crippen MR) is 78.9 cm³/mol. The number of hydrogen-bond acceptors (Lipinski definition) is 3. The Morgan fingerprint density at radius 2 is 1.80 bits per heavy atom. The molecule has 0 saturated carbocycles. The van der Waals surface area contributed by atoms with Crippen LogP contribution >= 0.6 is 0 Å². The summed E-state index contributed by atoms with van der Waals surface area (Å²) in [6, 6.07) is 9.60. The van der Waals surface area contributed by atoms with E-state index in [4.69, 9.17) is 4.74 Å². The summed E-state index contributed by atoms with van der Waals surface area (Å²) in [5, 5.41) is 1.95. The van der Waals surface area contributed by atoms with Gasteiger partial charge >= 0.3 is 6.09 Å². The van der Waals surface area contributed by atoms with E-state index < -0.39 is 5.60 Å². The van der Waals surface area contributed by atoms with Crippen LogP contribution in [0.2, 0.25) is 0 Å². The Labute approximate surface area is 117 Å². The molecule has 0 aliphatic carbocycles. The van der Waals surface area contributed by atoms with Gasteiger partial charge in [-0.1, -0.05) is 18.2 Å². The minimum absolute atomic E-state index is 0.366. The third-order valence-corrected chi connectivity index (χ3v) is 3.05. The lowest BCUT2D eigenvalue weighted by Gasteiger charge is -2.20. The van der Waals surface area contributed by atoms with E-state index in [0.29, 0.717) is 0 Å². The third-order valence-electron chi connectivity index (χ3n) is 3.05. The summed E-state index contributed by atoms with van der Waals surface area (Å²) < 4.78 is 7.11. The minimum atomic E-state index is -0.526. The summed E-state index contributed by atoms with van der Waals surface area (Å²) in [6.45, 7) is 5.58. The van der Waals surface area contributed by atoms with Crippen molar-refractivity contribution < 1.29 is 9.53 Å². The summed E-state index contributed by atoms with van der Waals surface area (Å²) in [7, 11) is 0. The maximum atomic E-state index is 12.5. The largest absolute Gasteiger partial charge is 0.443 e. The van der Waals surface area contributed by atoms with E-state index >= 15 is 0 Å². The Hall–Kier alpha value is -2.36. The summed E-state index contributed by atoms with van der Waals surface area (Å²) in [6.07, 6.45) is 3.09. The SMILES string of the molecule is CC(C)(C)OC(=O)n1c2ccccc2c2cnccc21. The van der Waals surface area contributed by atoms with Crippen molar-refractivity contribution in [1.29, 1.82) is 0 Å². The average Bonchev–Trinajstić information content (AvgIpc) is 2.71. The molecule has 3 rings (SSSR count). The molecule has 0 unspecified atom stereocenters. The normalized spacial score (nSPS) is 11.9. The van der Waals surface area contributed by atoms with Gasteiger partial charge in [0.25, 0.3) is 0 Å². The highest BCUT2D eigenvalue weighted by molar-refractivity contribution is 6.12. The first-order valence-electron chi connectivity index (χ1n) is 6.54. The Bertz CT molecular complexity index is 744. The molecule has 1 aromatic carbocycles. The first-order chi connectivity index (χ1) is 9.47. The number of carbonyl (C=O) groups is 1. The van der Waals surface area contributed by atoms with E-state index in [0.717, 1.165) is 21.8 Å². The predicted octanol–water partition coefficient (Wildman–Crippen LogP) is 3.97. The summed E-state index contributed by atoms with van der Waals surface area (Å²) in [5.74, 6) is 0. The van der Waals surface area contributed by atoms with Gasteiger partial charge in [0, 0.05) is 23.2 Å². The first kappa shape index (κ1) is 12.7. The zero-order valence-corrected chi connectivity index (χ0v) is 11.8. The molecule has 0 spiro atoms. The van der Waals surface area contributed by atoms with Crippen LogP contribution in [0.3, 0.4) is 0 Å². The lowest BCUT2D eigenvalue weighted by atomic mass is 10.2. The van der Waals surface area contributed by atoms with Crippen molar-refractivity contribution in [2.75, 3.05) is 0 Å². The molecule has 0 saturated heterocycles. The number of rotatable bonds is 0. The zero-order valence-electron chi connectivity index (χ0n) is 11.8. The second-order valence-electron chi connectivity index (χ2n) is 5.73. The Kier molecular flexibility index (Phi) is 2.74. The number of nitrogens with zero attached hydrogens (tertiary/aromatic N) is 2. The molecule has 0 radical (unpaired) electrons. The molecule has 0 aliphatic heterocycles. The van der Waals surface area contributed by atoms with E-state index in [9.17, 15) is 4.79 Å². The van der Waals surface area contributed by atoms with Crippen molar-refractivity contribution in [3.8, 4) is 0 Å². The van der Waals surface area contributed by atoms with Gasteiger partial charge in [-0.2, -0.15) is 0 Å². The number of carbonyl (C=O) groups excluding carboxylic acids is 1. The van der Waals surface area contributed by atoms with E-state index in [1.165, 1.54) is 0 Å². The fraction of sp³-hybridized carbons (Fsp3) is 0.250. The number of hydrogen-bond donors (Lipinski definition) is 0. The molecule has 2 aromatic heterocycles. The van der Waals surface area contributed by atoms with Crippen molar-refractivity contribution >= 4 is 27.9 Å². The minimum Gasteiger partial charge on any atom is -0.443 e. The van der Waals surface area contributed by atoms with Crippen LogP contribution in [0.5, 0.6) is 0 Å². The molecule has 20 heavy (non-hydrogen) atoms. The molecular weight excluding hydrogens is 252 g/mol. The molecule has 0 bridgehead atoms. The van der Waals surface area contributed by atoms with Gasteiger partial charge in [0.15, 0.2) is 0 Å². The average molecular weight is 268 g/mol. The van der Waals surface area contributed by atoms with Crippen LogP contribution in [0.15, 0.2) is 42.7 Å². The van der Waals surface area contributed by atoms with Gasteiger partial charge in [0.2, 0.25) is 0 Å². The lowest BCUT2D eigenvalue weighted by molar-refractivity contribution is 0.0551. The Balaban J connectivity index is 2.29. The van der Waals surface area contributed by atoms with Gasteiger partial charge in [0.05, 0.1) is 11.0 Å². The standard InChI is InChI=1S/C16H16N2O2/c1-16(2,3)20-15(19)18-13-7-5-4-6-11(13)12-10-17-9-8-14(12)18/h4-10H,1-3H3. The highest BCUT2D eigenvalue weighted by Crippen LogP contribution is 2.28. The van der Waals surface area contributed by atoms with Crippen LogP contribution in [0.25, 0.3) is 21.8 Å². The second-order valence-corrected chi connectivity index (χ2v) is 5.73. The van der Waals surface area contributed by atoms with Gasteiger partial charge in [-0.15, -0.1) is 0 Å². The lowest BCUT2D eigenvalue weighted by Crippen LogP contribution is -2.27. The maximum absolute atomic E-state index is 12.5. The molecule has 102 valence electrons. The van der Waals surface area contributed by atoms with Crippen LogP contribution < -0.4 is 0 Å². The molecule has 2 heterocycles. The number of aromatic nitrogens is 2. The third kappa shape index (κ3) is 2.03. The maximum Gasteiger partial charge on any atom is 0.419 e. The van der Waals surface area contributed by atoms with Gasteiger partial charge in [-0.3, -0.25) is 4.98 Å². The quantitative estimate of drug-likeness (QED) is 0.619. The molecule has 4 nitrogen and oxygen atoms in total. The first-order valence-corrected chi connectivity index (χ1v) is 6.54. The molecular formula is C16H16N2O2. The smallest absolute Gasteiger partial charge is 0.419 e. The highest BCUT2D eigenvalue weighted by Gasteiger charge is 2.21. The molecule has 4 heteroatoms. The van der Waals surface area contributed by atoms with Crippen LogP contribution in [0.4, 0.5) is 4.79 Å². The molecule has 0 fully saturated rings. The molecule has 0 atom stereocenters. The van der Waals surface area contributed by atoms with Crippen LogP contribution in [0.1, 0.15) is 20.8 Å². The van der Waals surface area contributed by atoms with Crippen molar-refractivity contribution in [2.45, 2.75) is 26.4 Å². The molecule has 0 N–H and O–H groups in total. The van der Waals surface area contributed by atoms with E-state index in [2.05, 4.69) is 4.98 Å². The topological polar surface area (TPSA) is 44.1 Å². The summed E-state index contributed by atoms with van der Waals surface area (Å²) in [5.41, 5.74) is 1.13. The van der Waals surface area contributed by atoms with Crippen LogP contribution in [0, 0.1) is 0 Å². The van der Waals surface area contributed by atoms with Crippen molar-refractivity contribution in [3.05, 3.63) is 42.7 Å². The fourth-order valence-corrected chi connectivity index (χ4v) is 2.32. The fourth-order valence-electron chi connectivity index (χ4n) is 2.32. The molecule has 0 aliphatic rings. The number of pyridine rings is 1. The Morgan fingerprint density at radius 1 is 1.10 bits per heavy atom. The number of fused-ring (bicyclic) bond motifs is 3. The second kappa shape index (κ2) is 4.34. The highest BCUT2D eigenvalue weighted by atomic mass is 16.6. The molecule has 3 aromatic rings. The number of para-hydroxylation sites is 1. The van der Waals surface area contributed by atoms with Gasteiger partial charge in [0.1, 0.15) is 5.60 Å². The van der Waals surface area contributed by atoms with Crippen LogP contribution in [-0.4, -0.2) is 21.2 Å². The monoisotopic (exact) mass is 268 g/mol. The number of ether oxygens (including phenoxy) is 1. The Morgan fingerprint density at radius 3 is 2.55 bits per heavy atom. The summed E-state index contributed by atoms with van der Waals surface area (Å²) >= 11 is 0. The zero-order chi connectivity index (χ0) is 14.3. The van der Waals surface area contributed by atoms with E-state index in [-0.39, 0.29) is 6.09 Å². The van der Waals surface area contributed by atoms with Gasteiger partial charge in [-0.05, 0) is 32.9 Å².